The van der Waals surface area contributed by atoms with Gasteiger partial charge in [-0.25, -0.2) is 0 Å². The summed E-state index contributed by atoms with van der Waals surface area (Å²) in [6.07, 6.45) is 6.97. The molecule has 144 valence electrons. The molecule has 0 amide bonds. The molecule has 3 fully saturated rings. The average molecular weight is 469 g/mol. The molecule has 1 saturated heterocycles. The summed E-state index contributed by atoms with van der Waals surface area (Å²) in [6.45, 7) is 5.31. The predicted octanol–water partition coefficient (Wildman–Crippen LogP) is 4.19. The van der Waals surface area contributed by atoms with Crippen LogP contribution < -0.4 is 10.6 Å². The van der Waals surface area contributed by atoms with Gasteiger partial charge in [0.1, 0.15) is 0 Å². The van der Waals surface area contributed by atoms with Crippen LogP contribution in [-0.2, 0) is 4.74 Å². The number of hydrogen-bond acceptors (Lipinski definition) is 2. The number of ether oxygens (including phenoxy) is 1. The van der Waals surface area contributed by atoms with E-state index in [0.717, 1.165) is 12.6 Å². The third-order valence-electron chi connectivity index (χ3n) is 6.81. The number of rotatable bonds is 3. The van der Waals surface area contributed by atoms with Crippen LogP contribution in [0.1, 0.15) is 56.2 Å². The summed E-state index contributed by atoms with van der Waals surface area (Å²) in [6, 6.07) is 9.32. The largest absolute Gasteiger partial charge is 0.377 e. The SMILES string of the molecule is CN=C(NC(C)c1ccccc1C)NC1C2CCOC2C12CCCC2.I. The predicted molar refractivity (Wildman–Crippen MR) is 117 cm³/mol. The Bertz CT molecular complexity index is 656. The highest BCUT2D eigenvalue weighted by molar-refractivity contribution is 14.0. The Labute approximate surface area is 174 Å². The lowest BCUT2D eigenvalue weighted by Crippen LogP contribution is -2.69. The average Bonchev–Trinajstić information content (AvgIpc) is 3.27. The maximum atomic E-state index is 6.10. The van der Waals surface area contributed by atoms with Crippen molar-refractivity contribution in [3.05, 3.63) is 35.4 Å². The quantitative estimate of drug-likeness (QED) is 0.397. The Kier molecular flexibility index (Phi) is 6.17. The van der Waals surface area contributed by atoms with Gasteiger partial charge in [0, 0.05) is 31.0 Å². The van der Waals surface area contributed by atoms with Gasteiger partial charge in [-0.1, -0.05) is 37.1 Å². The van der Waals surface area contributed by atoms with E-state index in [-0.39, 0.29) is 30.0 Å². The Morgan fingerprint density at radius 2 is 2.00 bits per heavy atom. The van der Waals surface area contributed by atoms with Gasteiger partial charge in [-0.2, -0.15) is 0 Å². The van der Waals surface area contributed by atoms with Crippen molar-refractivity contribution >= 4 is 29.9 Å². The van der Waals surface area contributed by atoms with Crippen molar-refractivity contribution in [3.8, 4) is 0 Å². The van der Waals surface area contributed by atoms with Crippen LogP contribution in [0.5, 0.6) is 0 Å². The van der Waals surface area contributed by atoms with Gasteiger partial charge in [0.05, 0.1) is 12.1 Å². The molecule has 1 heterocycles. The molecule has 4 rings (SSSR count). The zero-order chi connectivity index (χ0) is 17.4. The molecule has 2 N–H and O–H groups in total. The maximum absolute atomic E-state index is 6.10. The third-order valence-corrected chi connectivity index (χ3v) is 6.81. The van der Waals surface area contributed by atoms with Crippen LogP contribution in [0.3, 0.4) is 0 Å². The second-order valence-corrected chi connectivity index (χ2v) is 8.10. The molecule has 1 spiro atoms. The monoisotopic (exact) mass is 469 g/mol. The number of guanidine groups is 1. The fraction of sp³-hybridized carbons (Fsp3) is 0.667. The van der Waals surface area contributed by atoms with Gasteiger partial charge in [0.25, 0.3) is 0 Å². The molecule has 4 atom stereocenters. The standard InChI is InChI=1S/C21H31N3O.HI/c1-14-8-4-5-9-16(14)15(2)23-20(22-3)24-18-17-10-13-25-19(17)21(18)11-6-7-12-21;/h4-5,8-9,15,17-19H,6-7,10-13H2,1-3H3,(H2,22,23,24);1H. The number of hydrogen-bond donors (Lipinski definition) is 2. The molecule has 4 nitrogen and oxygen atoms in total. The summed E-state index contributed by atoms with van der Waals surface area (Å²) >= 11 is 0. The Balaban J connectivity index is 0.00000196. The molecule has 26 heavy (non-hydrogen) atoms. The zero-order valence-electron chi connectivity index (χ0n) is 16.1. The van der Waals surface area contributed by atoms with Crippen molar-refractivity contribution in [1.29, 1.82) is 0 Å². The maximum Gasteiger partial charge on any atom is 0.191 e. The van der Waals surface area contributed by atoms with Gasteiger partial charge in [0.2, 0.25) is 0 Å². The van der Waals surface area contributed by atoms with Crippen LogP contribution in [0.15, 0.2) is 29.3 Å². The van der Waals surface area contributed by atoms with E-state index in [1.807, 2.05) is 7.05 Å². The number of halogens is 1. The van der Waals surface area contributed by atoms with E-state index in [2.05, 4.69) is 53.7 Å². The van der Waals surface area contributed by atoms with Crippen molar-refractivity contribution < 1.29 is 4.74 Å². The molecule has 0 bridgehead atoms. The zero-order valence-corrected chi connectivity index (χ0v) is 18.5. The number of benzene rings is 1. The molecule has 3 aliphatic rings. The van der Waals surface area contributed by atoms with E-state index in [1.165, 1.54) is 43.2 Å². The number of nitrogens with one attached hydrogen (secondary N) is 2. The van der Waals surface area contributed by atoms with Gasteiger partial charge in [-0.3, -0.25) is 4.99 Å². The summed E-state index contributed by atoms with van der Waals surface area (Å²) in [7, 11) is 1.88. The minimum atomic E-state index is 0. The molecular formula is C21H32IN3O. The van der Waals surface area contributed by atoms with E-state index in [9.17, 15) is 0 Å². The number of nitrogens with zero attached hydrogens (tertiary/aromatic N) is 1. The first-order chi connectivity index (χ1) is 12.2. The molecule has 4 unspecified atom stereocenters. The first-order valence-electron chi connectivity index (χ1n) is 9.83. The first-order valence-corrected chi connectivity index (χ1v) is 9.83. The van der Waals surface area contributed by atoms with Gasteiger partial charge >= 0.3 is 0 Å². The van der Waals surface area contributed by atoms with Crippen LogP contribution in [0.4, 0.5) is 0 Å². The van der Waals surface area contributed by atoms with E-state index >= 15 is 0 Å². The van der Waals surface area contributed by atoms with Gasteiger partial charge in [0.15, 0.2) is 5.96 Å². The molecular weight excluding hydrogens is 437 g/mol. The summed E-state index contributed by atoms with van der Waals surface area (Å²) in [4.78, 5) is 4.53. The minimum absolute atomic E-state index is 0. The van der Waals surface area contributed by atoms with Crippen LogP contribution in [0.2, 0.25) is 0 Å². The normalized spacial score (nSPS) is 30.3. The third kappa shape index (κ3) is 3.26. The number of aryl methyl sites for hydroxylation is 1. The fourth-order valence-corrected chi connectivity index (χ4v) is 5.58. The number of fused-ring (bicyclic) bond motifs is 2. The van der Waals surface area contributed by atoms with E-state index in [4.69, 9.17) is 4.74 Å². The van der Waals surface area contributed by atoms with E-state index < -0.39 is 0 Å². The molecule has 1 aliphatic heterocycles. The minimum Gasteiger partial charge on any atom is -0.377 e. The summed E-state index contributed by atoms with van der Waals surface area (Å²) in [5.41, 5.74) is 3.00. The van der Waals surface area contributed by atoms with Gasteiger partial charge in [-0.05, 0) is 44.2 Å². The van der Waals surface area contributed by atoms with Crippen LogP contribution in [0.25, 0.3) is 0 Å². The Morgan fingerprint density at radius 3 is 2.69 bits per heavy atom. The number of aliphatic imine (C=N–C) groups is 1. The molecule has 2 saturated carbocycles. The van der Waals surface area contributed by atoms with E-state index in [1.54, 1.807) is 0 Å². The van der Waals surface area contributed by atoms with Crippen molar-refractivity contribution in [1.82, 2.24) is 10.6 Å². The first kappa shape index (κ1) is 19.9. The second kappa shape index (κ2) is 8.05. The highest BCUT2D eigenvalue weighted by atomic mass is 127. The van der Waals surface area contributed by atoms with E-state index in [0.29, 0.717) is 23.5 Å². The molecule has 1 aromatic carbocycles. The lowest BCUT2D eigenvalue weighted by molar-refractivity contribution is -0.125. The Morgan fingerprint density at radius 1 is 1.27 bits per heavy atom. The van der Waals surface area contributed by atoms with Crippen LogP contribution >= 0.6 is 24.0 Å². The van der Waals surface area contributed by atoms with Crippen molar-refractivity contribution in [2.75, 3.05) is 13.7 Å². The summed E-state index contributed by atoms with van der Waals surface area (Å²) in [5, 5.41) is 7.39. The molecule has 5 heteroatoms. The van der Waals surface area contributed by atoms with Gasteiger partial charge in [-0.15, -0.1) is 24.0 Å². The van der Waals surface area contributed by atoms with Crippen molar-refractivity contribution in [3.63, 3.8) is 0 Å². The smallest absolute Gasteiger partial charge is 0.191 e. The molecule has 0 aromatic heterocycles. The summed E-state index contributed by atoms with van der Waals surface area (Å²) in [5.74, 6) is 1.59. The second-order valence-electron chi connectivity index (χ2n) is 8.10. The fourth-order valence-electron chi connectivity index (χ4n) is 5.58. The van der Waals surface area contributed by atoms with Crippen molar-refractivity contribution in [2.45, 2.75) is 64.1 Å². The molecule has 2 aliphatic carbocycles. The lowest BCUT2D eigenvalue weighted by Gasteiger charge is -2.57. The molecule has 1 aromatic rings. The highest BCUT2D eigenvalue weighted by Gasteiger charge is 2.65. The topological polar surface area (TPSA) is 45.7 Å². The van der Waals surface area contributed by atoms with Gasteiger partial charge < -0.3 is 15.4 Å². The Hall–Kier alpha value is -0.820. The lowest BCUT2D eigenvalue weighted by atomic mass is 9.54. The van der Waals surface area contributed by atoms with Crippen LogP contribution in [-0.4, -0.2) is 31.8 Å². The van der Waals surface area contributed by atoms with Crippen LogP contribution in [0, 0.1) is 18.3 Å². The summed E-state index contributed by atoms with van der Waals surface area (Å²) < 4.78 is 6.10. The van der Waals surface area contributed by atoms with Crippen molar-refractivity contribution in [2.24, 2.45) is 16.3 Å². The highest BCUT2D eigenvalue weighted by Crippen LogP contribution is 2.60. The molecule has 0 radical (unpaired) electrons.